The van der Waals surface area contributed by atoms with Gasteiger partial charge in [-0.1, -0.05) is 121 Å². The molecule has 5 N–H and O–H groups in total. The van der Waals surface area contributed by atoms with Crippen LogP contribution in [0.3, 0.4) is 0 Å². The van der Waals surface area contributed by atoms with Gasteiger partial charge in [-0.2, -0.15) is 0 Å². The Morgan fingerprint density at radius 3 is 1.35 bits per heavy atom. The van der Waals surface area contributed by atoms with Crippen LogP contribution in [0.25, 0.3) is 0 Å². The highest BCUT2D eigenvalue weighted by molar-refractivity contribution is 5.85. The van der Waals surface area contributed by atoms with Gasteiger partial charge in [0.2, 0.25) is 12.0 Å². The number of nitrogens with one attached hydrogen (secondary N) is 2. The van der Waals surface area contributed by atoms with Crippen LogP contribution < -0.4 is 10.6 Å². The lowest BCUT2D eigenvalue weighted by Crippen LogP contribution is -2.65. The molecular weight excluding hydrogens is 1290 g/mol. The number of nitrogens with zero attached hydrogens (tertiary/aromatic N) is 3. The van der Waals surface area contributed by atoms with E-state index in [2.05, 4.69) is 10.6 Å². The predicted molar refractivity (Wildman–Crippen MR) is 339 cm³/mol. The van der Waals surface area contributed by atoms with E-state index < -0.39 is 165 Å². The summed E-state index contributed by atoms with van der Waals surface area (Å²) < 4.78 is 61.9. The first-order valence-electron chi connectivity index (χ1n) is 31.5. The Morgan fingerprint density at radius 1 is 0.531 bits per heavy atom. The molecule has 9 atom stereocenters. The zero-order chi connectivity index (χ0) is 71.2. The van der Waals surface area contributed by atoms with Crippen molar-refractivity contribution in [3.05, 3.63) is 144 Å². The molecule has 0 bridgehead atoms. The highest BCUT2D eigenvalue weighted by Crippen LogP contribution is 2.33. The molecule has 4 aromatic carbocycles. The Hall–Kier alpha value is -9.27. The SMILES string of the molecule is CC(=O)OC(C(=O)NCCNC(=O)CCC1(N(CC(=O)OCc2ccccc2)CC(=O)OCc2ccccc2)CN(CC(=O)OCc2ccccc2)CCN(CC(=O)OCc2ccccc2)C1)C(OC(C)=O)C(OC1OC(CO)C(OC(C)=O)C(OC(C)=O)C1OC(C)=O)C(O)CO. The third-order valence-electron chi connectivity index (χ3n) is 15.3. The topological polar surface area (TPSA) is 384 Å². The van der Waals surface area contributed by atoms with Gasteiger partial charge < -0.3 is 78.1 Å². The van der Waals surface area contributed by atoms with Crippen molar-refractivity contribution >= 4 is 65.5 Å². The standard InChI is InChI=1S/C68H85N5O25/c1-44(76)92-61-54(37-75)97-67(65(96-48(5)80)63(61)94-46(3)78)98-60(53(81)36-74)62(93-45(2)77)64(95-47(4)79)66(87)70-29-28-69-55(82)26-27-68(73(34-58(85)90-40-51-22-14-8-15-23-51)35-59(86)91-41-52-24-16-9-17-25-52)42-71(32-56(83)88-38-49-18-10-6-11-19-49)30-31-72(43-68)33-57(84)89-39-50-20-12-7-13-21-50/h6-25,53-54,60-65,67,74-75,81H,26-43H2,1-5H3,(H,69,82)(H,70,87). The van der Waals surface area contributed by atoms with E-state index in [1.165, 1.54) is 4.90 Å². The van der Waals surface area contributed by atoms with Crippen LogP contribution in [0.4, 0.5) is 0 Å². The second kappa shape index (κ2) is 39.8. The third-order valence-corrected chi connectivity index (χ3v) is 15.3. The molecule has 2 heterocycles. The molecule has 2 saturated heterocycles. The highest BCUT2D eigenvalue weighted by atomic mass is 16.7. The number of hydrogen-bond acceptors (Lipinski definition) is 28. The number of esters is 9. The van der Waals surface area contributed by atoms with E-state index in [9.17, 15) is 68.1 Å². The molecule has 532 valence electrons. The van der Waals surface area contributed by atoms with Crippen LogP contribution in [-0.2, 0) is 131 Å². The van der Waals surface area contributed by atoms with E-state index in [0.717, 1.165) is 45.7 Å². The Kier molecular flexibility index (Phi) is 31.6. The van der Waals surface area contributed by atoms with Crippen LogP contribution in [0.2, 0.25) is 0 Å². The van der Waals surface area contributed by atoms with E-state index in [1.54, 1.807) is 119 Å². The normalized spacial score (nSPS) is 18.9. The minimum Gasteiger partial charge on any atom is -0.460 e. The van der Waals surface area contributed by atoms with E-state index in [4.69, 9.17) is 52.1 Å². The highest BCUT2D eigenvalue weighted by Gasteiger charge is 2.55. The van der Waals surface area contributed by atoms with Gasteiger partial charge in [0.05, 0.1) is 39.4 Å². The molecule has 0 spiro atoms. The second-order valence-electron chi connectivity index (χ2n) is 23.1. The maximum atomic E-state index is 14.4. The van der Waals surface area contributed by atoms with Crippen LogP contribution in [0, 0.1) is 0 Å². The second-order valence-corrected chi connectivity index (χ2v) is 23.1. The number of carbonyl (C=O) groups is 11. The minimum atomic E-state index is -2.27. The Balaban J connectivity index is 1.30. The van der Waals surface area contributed by atoms with E-state index >= 15 is 0 Å². The van der Waals surface area contributed by atoms with Gasteiger partial charge in [0.1, 0.15) is 44.7 Å². The van der Waals surface area contributed by atoms with Crippen molar-refractivity contribution in [3.63, 3.8) is 0 Å². The summed E-state index contributed by atoms with van der Waals surface area (Å²) in [5.41, 5.74) is 1.23. The van der Waals surface area contributed by atoms with Gasteiger partial charge in [0, 0.05) is 85.8 Å². The summed E-state index contributed by atoms with van der Waals surface area (Å²) in [6, 6.07) is 35.6. The van der Waals surface area contributed by atoms with Gasteiger partial charge in [-0.15, -0.1) is 0 Å². The van der Waals surface area contributed by atoms with Gasteiger partial charge in [0.25, 0.3) is 5.91 Å². The monoisotopic (exact) mass is 1370 g/mol. The molecule has 0 saturated carbocycles. The van der Waals surface area contributed by atoms with Crippen LogP contribution >= 0.6 is 0 Å². The van der Waals surface area contributed by atoms with Crippen molar-refractivity contribution in [1.82, 2.24) is 25.3 Å². The van der Waals surface area contributed by atoms with Gasteiger partial charge in [-0.05, 0) is 28.7 Å². The molecule has 2 aliphatic rings. The van der Waals surface area contributed by atoms with Crippen LogP contribution in [0.1, 0.15) is 69.7 Å². The number of amides is 2. The smallest absolute Gasteiger partial charge is 0.320 e. The Morgan fingerprint density at radius 2 is 0.939 bits per heavy atom. The lowest BCUT2D eigenvalue weighted by molar-refractivity contribution is -0.330. The summed E-state index contributed by atoms with van der Waals surface area (Å²) in [5, 5.41) is 37.3. The fourth-order valence-electron chi connectivity index (χ4n) is 10.9. The largest absolute Gasteiger partial charge is 0.460 e. The number of aliphatic hydroxyl groups excluding tert-OH is 3. The lowest BCUT2D eigenvalue weighted by Gasteiger charge is -2.45. The molecule has 6 rings (SSSR count). The van der Waals surface area contributed by atoms with Crippen molar-refractivity contribution in [2.24, 2.45) is 0 Å². The van der Waals surface area contributed by atoms with Crippen molar-refractivity contribution in [1.29, 1.82) is 0 Å². The fourth-order valence-corrected chi connectivity index (χ4v) is 10.9. The minimum absolute atomic E-state index is 0.0614. The van der Waals surface area contributed by atoms with Crippen molar-refractivity contribution in [2.75, 3.05) is 78.7 Å². The van der Waals surface area contributed by atoms with Gasteiger partial charge in [-0.3, -0.25) is 67.4 Å². The lowest BCUT2D eigenvalue weighted by atomic mass is 9.89. The molecule has 0 aromatic heterocycles. The number of carbonyl (C=O) groups excluding carboxylic acids is 11. The third kappa shape index (κ3) is 25.9. The molecule has 0 radical (unpaired) electrons. The van der Waals surface area contributed by atoms with Gasteiger partial charge in [0.15, 0.2) is 30.7 Å². The van der Waals surface area contributed by atoms with Gasteiger partial charge >= 0.3 is 53.7 Å². The number of ether oxygens (including phenoxy) is 11. The Bertz CT molecular complexity index is 3130. The first-order chi connectivity index (χ1) is 46.9. The summed E-state index contributed by atoms with van der Waals surface area (Å²) in [4.78, 5) is 153. The molecule has 2 aliphatic heterocycles. The zero-order valence-corrected chi connectivity index (χ0v) is 55.1. The van der Waals surface area contributed by atoms with Crippen molar-refractivity contribution in [3.8, 4) is 0 Å². The van der Waals surface area contributed by atoms with E-state index in [1.807, 2.05) is 12.1 Å². The van der Waals surface area contributed by atoms with Crippen LogP contribution in [-0.4, -0.2) is 235 Å². The van der Waals surface area contributed by atoms with Crippen LogP contribution in [0.15, 0.2) is 121 Å². The molecule has 30 nitrogen and oxygen atoms in total. The van der Waals surface area contributed by atoms with Crippen molar-refractivity contribution in [2.45, 2.75) is 135 Å². The fraction of sp³-hybridized carbons (Fsp3) is 0.485. The summed E-state index contributed by atoms with van der Waals surface area (Å²) in [6.45, 7) is -0.574. The number of benzene rings is 4. The molecule has 30 heteroatoms. The van der Waals surface area contributed by atoms with E-state index in [-0.39, 0.29) is 78.7 Å². The number of rotatable bonds is 36. The Labute approximate surface area is 565 Å². The molecular formula is C68H85N5O25. The maximum absolute atomic E-state index is 14.4. The number of aliphatic hydroxyl groups is 3. The van der Waals surface area contributed by atoms with E-state index in [0.29, 0.717) is 11.1 Å². The quantitative estimate of drug-likeness (QED) is 0.0238. The maximum Gasteiger partial charge on any atom is 0.320 e. The molecule has 9 unspecified atom stereocenters. The zero-order valence-electron chi connectivity index (χ0n) is 55.1. The molecule has 2 fully saturated rings. The first-order valence-corrected chi connectivity index (χ1v) is 31.5. The first kappa shape index (κ1) is 77.7. The van der Waals surface area contributed by atoms with Crippen molar-refractivity contribution < 1.29 is 120 Å². The molecule has 98 heavy (non-hydrogen) atoms. The average Bonchev–Trinajstić information content (AvgIpc) is 1.22. The van der Waals surface area contributed by atoms with Gasteiger partial charge in [-0.25, -0.2) is 0 Å². The van der Waals surface area contributed by atoms with Crippen LogP contribution in [0.5, 0.6) is 0 Å². The average molecular weight is 1370 g/mol. The molecule has 4 aromatic rings. The molecule has 2 amide bonds. The summed E-state index contributed by atoms with van der Waals surface area (Å²) in [7, 11) is 0. The molecule has 0 aliphatic carbocycles. The summed E-state index contributed by atoms with van der Waals surface area (Å²) in [6.07, 6.45) is -18.5. The summed E-state index contributed by atoms with van der Waals surface area (Å²) >= 11 is 0. The number of hydrogen-bond donors (Lipinski definition) is 5. The predicted octanol–water partition coefficient (Wildman–Crippen LogP) is 0.745. The summed E-state index contributed by atoms with van der Waals surface area (Å²) in [5.74, 6) is -10.1.